The molecule has 10 heteroatoms. The minimum Gasteiger partial charge on any atom is -0.462 e. The number of phosphoric acid groups is 1. The molecule has 3 N–H and O–H groups in total. The highest BCUT2D eigenvalue weighted by molar-refractivity contribution is 7.47. The van der Waals surface area contributed by atoms with Crippen LogP contribution >= 0.6 is 7.82 Å². The lowest BCUT2D eigenvalue weighted by Crippen LogP contribution is -2.29. The van der Waals surface area contributed by atoms with Crippen LogP contribution in [0, 0.1) is 0 Å². The number of unbranched alkanes of at least 4 members (excludes halogenated alkanes) is 11. The van der Waals surface area contributed by atoms with Crippen LogP contribution in [0.5, 0.6) is 0 Å². The standard InChI is InChI=1S/C45H76NO8P/c1-3-5-7-9-11-13-15-17-19-20-21-22-24-26-28-30-32-34-36-38-45(48)54-43(42-53-55(49,50)52-40-39-46)41-51-44(47)37-35-33-31-29-27-25-23-18-16-14-12-10-8-6-4-2/h5,7,11-14,17-19,21-23,26,28,43H,3-4,6,8-10,15-16,20,24-25,27,29-42,46H2,1-2H3,(H,49,50)/b7-5-,13-11-,14-12-,19-17-,22-21-,23-18-,28-26-. The van der Waals surface area contributed by atoms with E-state index in [9.17, 15) is 19.0 Å². The highest BCUT2D eigenvalue weighted by Crippen LogP contribution is 2.43. The predicted molar refractivity (Wildman–Crippen MR) is 229 cm³/mol. The summed E-state index contributed by atoms with van der Waals surface area (Å²) in [5.41, 5.74) is 5.34. The van der Waals surface area contributed by atoms with Gasteiger partial charge in [-0.2, -0.15) is 0 Å². The molecule has 0 spiro atoms. The van der Waals surface area contributed by atoms with Crippen LogP contribution in [0.3, 0.4) is 0 Å². The fraction of sp³-hybridized carbons (Fsp3) is 0.644. The Balaban J connectivity index is 4.29. The van der Waals surface area contributed by atoms with Gasteiger partial charge in [-0.15, -0.1) is 0 Å². The molecule has 0 saturated carbocycles. The second-order valence-electron chi connectivity index (χ2n) is 13.5. The quantitative estimate of drug-likeness (QED) is 0.0271. The van der Waals surface area contributed by atoms with Crippen molar-refractivity contribution in [2.24, 2.45) is 5.73 Å². The van der Waals surface area contributed by atoms with Gasteiger partial charge in [-0.05, 0) is 89.9 Å². The summed E-state index contributed by atoms with van der Waals surface area (Å²) < 4.78 is 32.7. The number of ether oxygens (including phenoxy) is 2. The summed E-state index contributed by atoms with van der Waals surface area (Å²) >= 11 is 0. The minimum absolute atomic E-state index is 0.0409. The second kappa shape index (κ2) is 40.8. The van der Waals surface area contributed by atoms with Crippen LogP contribution in [-0.4, -0.2) is 49.3 Å². The van der Waals surface area contributed by atoms with E-state index in [1.54, 1.807) is 0 Å². The maximum atomic E-state index is 12.6. The van der Waals surface area contributed by atoms with Crippen molar-refractivity contribution in [1.82, 2.24) is 0 Å². The summed E-state index contributed by atoms with van der Waals surface area (Å²) in [6.45, 7) is 3.51. The molecule has 0 aromatic heterocycles. The highest BCUT2D eigenvalue weighted by Gasteiger charge is 2.25. The van der Waals surface area contributed by atoms with Crippen molar-refractivity contribution in [3.8, 4) is 0 Å². The van der Waals surface area contributed by atoms with Gasteiger partial charge in [-0.3, -0.25) is 18.6 Å². The lowest BCUT2D eigenvalue weighted by Gasteiger charge is -2.19. The molecule has 0 rings (SSSR count). The fourth-order valence-electron chi connectivity index (χ4n) is 5.16. The van der Waals surface area contributed by atoms with Crippen LogP contribution in [-0.2, 0) is 32.7 Å². The molecule has 55 heavy (non-hydrogen) atoms. The number of allylic oxidation sites excluding steroid dienone is 14. The normalized spacial score (nSPS) is 14.2. The molecule has 314 valence electrons. The predicted octanol–water partition coefficient (Wildman–Crippen LogP) is 12.0. The van der Waals surface area contributed by atoms with E-state index >= 15 is 0 Å². The molecular weight excluding hydrogens is 713 g/mol. The van der Waals surface area contributed by atoms with Gasteiger partial charge in [-0.25, -0.2) is 4.57 Å². The van der Waals surface area contributed by atoms with E-state index in [0.29, 0.717) is 12.8 Å². The highest BCUT2D eigenvalue weighted by atomic mass is 31.2. The largest absolute Gasteiger partial charge is 0.472 e. The molecule has 0 saturated heterocycles. The monoisotopic (exact) mass is 790 g/mol. The molecule has 0 aliphatic carbocycles. The van der Waals surface area contributed by atoms with Crippen LogP contribution in [0.25, 0.3) is 0 Å². The Morgan fingerprint density at radius 1 is 0.564 bits per heavy atom. The molecule has 0 heterocycles. The van der Waals surface area contributed by atoms with Crippen molar-refractivity contribution in [3.05, 3.63) is 85.1 Å². The molecule has 2 atom stereocenters. The molecule has 0 bridgehead atoms. The van der Waals surface area contributed by atoms with Crippen molar-refractivity contribution >= 4 is 19.8 Å². The molecule has 0 aromatic rings. The van der Waals surface area contributed by atoms with Crippen LogP contribution in [0.1, 0.15) is 155 Å². The van der Waals surface area contributed by atoms with Gasteiger partial charge in [0.1, 0.15) is 6.61 Å². The Kier molecular flexibility index (Phi) is 38.8. The van der Waals surface area contributed by atoms with E-state index in [1.165, 1.54) is 25.7 Å². The summed E-state index contributed by atoms with van der Waals surface area (Å²) in [4.78, 5) is 34.8. The molecule has 0 radical (unpaired) electrons. The third-order valence-corrected chi connectivity index (χ3v) is 9.25. The number of carbonyl (C=O) groups is 2. The summed E-state index contributed by atoms with van der Waals surface area (Å²) in [5.74, 6) is -0.891. The molecule has 0 aliphatic rings. The van der Waals surface area contributed by atoms with Gasteiger partial charge in [0.25, 0.3) is 0 Å². The number of carbonyl (C=O) groups excluding carboxylic acids is 2. The molecule has 0 fully saturated rings. The van der Waals surface area contributed by atoms with Gasteiger partial charge >= 0.3 is 19.8 Å². The minimum atomic E-state index is -4.39. The maximum Gasteiger partial charge on any atom is 0.472 e. The van der Waals surface area contributed by atoms with Crippen molar-refractivity contribution in [2.75, 3.05) is 26.4 Å². The SMILES string of the molecule is CC/C=C\C/C=C\C/C=C\C/C=C\C/C=C\CCCCCC(=O)OC(COC(=O)CCCCCCC/C=C\C/C=C\CCCCC)COP(=O)(O)OCCN. The molecule has 0 aliphatic heterocycles. The van der Waals surface area contributed by atoms with Crippen molar-refractivity contribution in [2.45, 2.75) is 161 Å². The summed E-state index contributed by atoms with van der Waals surface area (Å²) in [7, 11) is -4.39. The van der Waals surface area contributed by atoms with E-state index in [1.807, 2.05) is 0 Å². The first-order valence-electron chi connectivity index (χ1n) is 21.1. The Bertz CT molecular complexity index is 1170. The van der Waals surface area contributed by atoms with E-state index < -0.39 is 32.5 Å². The first-order chi connectivity index (χ1) is 26.8. The van der Waals surface area contributed by atoms with Crippen molar-refractivity contribution < 1.29 is 37.6 Å². The van der Waals surface area contributed by atoms with Gasteiger partial charge in [-0.1, -0.05) is 137 Å². The number of phosphoric ester groups is 1. The first kappa shape index (κ1) is 52.2. The number of hydrogen-bond donors (Lipinski definition) is 2. The summed E-state index contributed by atoms with van der Waals surface area (Å²) in [6.07, 6.45) is 50.4. The smallest absolute Gasteiger partial charge is 0.462 e. The van der Waals surface area contributed by atoms with E-state index in [0.717, 1.165) is 89.9 Å². The van der Waals surface area contributed by atoms with Gasteiger partial charge in [0.15, 0.2) is 6.10 Å². The van der Waals surface area contributed by atoms with Crippen LogP contribution < -0.4 is 5.73 Å². The summed E-state index contributed by atoms with van der Waals surface area (Å²) in [6, 6.07) is 0. The Morgan fingerprint density at radius 2 is 1.00 bits per heavy atom. The van der Waals surface area contributed by atoms with E-state index in [-0.39, 0.29) is 32.6 Å². The third kappa shape index (κ3) is 40.7. The van der Waals surface area contributed by atoms with E-state index in [4.69, 9.17) is 24.3 Å². The molecule has 0 aromatic carbocycles. The van der Waals surface area contributed by atoms with Gasteiger partial charge in [0, 0.05) is 19.4 Å². The molecule has 2 unspecified atom stereocenters. The number of esters is 2. The summed E-state index contributed by atoms with van der Waals surface area (Å²) in [5, 5.41) is 0. The second-order valence-corrected chi connectivity index (χ2v) is 14.9. The maximum absolute atomic E-state index is 12.6. The van der Waals surface area contributed by atoms with Crippen LogP contribution in [0.15, 0.2) is 85.1 Å². The van der Waals surface area contributed by atoms with Crippen LogP contribution in [0.2, 0.25) is 0 Å². The van der Waals surface area contributed by atoms with Crippen molar-refractivity contribution in [3.63, 3.8) is 0 Å². The lowest BCUT2D eigenvalue weighted by atomic mass is 10.1. The van der Waals surface area contributed by atoms with Gasteiger partial charge in [0.05, 0.1) is 13.2 Å². The average Bonchev–Trinajstić information content (AvgIpc) is 3.17. The number of rotatable bonds is 38. The van der Waals surface area contributed by atoms with Gasteiger partial charge in [0.2, 0.25) is 0 Å². The zero-order chi connectivity index (χ0) is 40.3. The van der Waals surface area contributed by atoms with E-state index in [2.05, 4.69) is 98.9 Å². The van der Waals surface area contributed by atoms with Crippen molar-refractivity contribution in [1.29, 1.82) is 0 Å². The zero-order valence-corrected chi connectivity index (χ0v) is 35.3. The number of hydrogen-bond acceptors (Lipinski definition) is 8. The molecular formula is C45H76NO8P. The average molecular weight is 790 g/mol. The van der Waals surface area contributed by atoms with Gasteiger partial charge < -0.3 is 20.1 Å². The zero-order valence-electron chi connectivity index (χ0n) is 34.4. The third-order valence-electron chi connectivity index (χ3n) is 8.27. The topological polar surface area (TPSA) is 134 Å². The fourth-order valence-corrected chi connectivity index (χ4v) is 5.92. The number of nitrogens with two attached hydrogens (primary N) is 1. The Hall–Kier alpha value is -2.81. The Morgan fingerprint density at radius 3 is 1.51 bits per heavy atom. The Labute approximate surface area is 334 Å². The van der Waals surface area contributed by atoms with Crippen LogP contribution in [0.4, 0.5) is 0 Å². The first-order valence-corrected chi connectivity index (χ1v) is 22.6. The molecule has 0 amide bonds. The lowest BCUT2D eigenvalue weighted by molar-refractivity contribution is -0.161. The molecule has 9 nitrogen and oxygen atoms in total.